The van der Waals surface area contributed by atoms with Crippen molar-refractivity contribution in [2.45, 2.75) is 30.8 Å². The van der Waals surface area contributed by atoms with Crippen LogP contribution in [0.15, 0.2) is 181 Å². The van der Waals surface area contributed by atoms with E-state index in [1.165, 1.54) is 70.8 Å². The van der Waals surface area contributed by atoms with Crippen molar-refractivity contribution in [3.05, 3.63) is 192 Å². The predicted molar refractivity (Wildman–Crippen MR) is 217 cm³/mol. The summed E-state index contributed by atoms with van der Waals surface area (Å²) in [7, 11) is 0. The average Bonchev–Trinajstić information content (AvgIpc) is 3.86. The van der Waals surface area contributed by atoms with Crippen LogP contribution in [0.3, 0.4) is 0 Å². The van der Waals surface area contributed by atoms with E-state index in [1.54, 1.807) is 5.57 Å². The second-order valence-electron chi connectivity index (χ2n) is 14.3. The number of anilines is 3. The summed E-state index contributed by atoms with van der Waals surface area (Å²) in [5.41, 5.74) is 13.4. The summed E-state index contributed by atoms with van der Waals surface area (Å²) < 4.78 is 2.74. The molecular weight excluding hydrogens is 637 g/mol. The third kappa shape index (κ3) is 4.48. The van der Waals surface area contributed by atoms with Gasteiger partial charge in [-0.1, -0.05) is 127 Å². The highest BCUT2D eigenvalue weighted by molar-refractivity contribution is 7.26. The van der Waals surface area contributed by atoms with Crippen LogP contribution in [0, 0.1) is 5.92 Å². The highest BCUT2D eigenvalue weighted by Crippen LogP contribution is 2.52. The van der Waals surface area contributed by atoms with Gasteiger partial charge in [0.2, 0.25) is 0 Å². The summed E-state index contributed by atoms with van der Waals surface area (Å²) in [6.45, 7) is 0. The Hall–Kier alpha value is -5.64. The first kappa shape index (κ1) is 29.1. The first-order chi connectivity index (χ1) is 25.3. The number of hydrogen-bond donors (Lipinski definition) is 0. The van der Waals surface area contributed by atoms with Crippen LogP contribution < -0.4 is 9.80 Å². The van der Waals surface area contributed by atoms with Gasteiger partial charge in [-0.05, 0) is 88.7 Å². The summed E-state index contributed by atoms with van der Waals surface area (Å²) in [4.78, 5) is 5.19. The van der Waals surface area contributed by atoms with E-state index in [4.69, 9.17) is 0 Å². The van der Waals surface area contributed by atoms with E-state index in [-0.39, 0.29) is 12.1 Å². The lowest BCUT2D eigenvalue weighted by molar-refractivity contribution is 0.661. The summed E-state index contributed by atoms with van der Waals surface area (Å²) in [5.74, 6) is 0.665. The van der Waals surface area contributed by atoms with Crippen molar-refractivity contribution in [3.63, 3.8) is 0 Å². The molecule has 0 N–H and O–H groups in total. The van der Waals surface area contributed by atoms with Gasteiger partial charge in [-0.25, -0.2) is 0 Å². The normalized spacial score (nSPS) is 22.8. The number of benzene rings is 5. The van der Waals surface area contributed by atoms with Crippen LogP contribution in [0.5, 0.6) is 0 Å². The number of thiophene rings is 1. The topological polar surface area (TPSA) is 6.48 Å². The number of nitrogens with zero attached hydrogens (tertiary/aromatic N) is 2. The lowest BCUT2D eigenvalue weighted by Crippen LogP contribution is -2.32. The number of fused-ring (bicyclic) bond motifs is 8. The minimum atomic E-state index is 0.258. The Bertz CT molecular complexity index is 2580. The second kappa shape index (κ2) is 11.4. The minimum Gasteiger partial charge on any atom is -0.333 e. The maximum absolute atomic E-state index is 2.64. The van der Waals surface area contributed by atoms with E-state index < -0.39 is 0 Å². The van der Waals surface area contributed by atoms with Crippen LogP contribution in [0.2, 0.25) is 0 Å². The van der Waals surface area contributed by atoms with Gasteiger partial charge in [0.15, 0.2) is 0 Å². The molecule has 0 saturated carbocycles. The van der Waals surface area contributed by atoms with E-state index in [0.29, 0.717) is 11.8 Å². The van der Waals surface area contributed by atoms with Crippen LogP contribution in [0.1, 0.15) is 29.9 Å². The Morgan fingerprint density at radius 1 is 0.588 bits per heavy atom. The SMILES string of the molecule is C1=CC2c3cc(C4=CC5C6=C(C=CCC6)N(c6cccc7c6sc6ccccc67)C5C=C4)ccc3N(c3cccc(-c4ccccc4)c3)C2C=C1. The van der Waals surface area contributed by atoms with Crippen molar-refractivity contribution in [2.24, 2.45) is 5.92 Å². The van der Waals surface area contributed by atoms with Gasteiger partial charge in [0, 0.05) is 44.4 Å². The summed E-state index contributed by atoms with van der Waals surface area (Å²) in [5, 5.41) is 2.72. The van der Waals surface area contributed by atoms with E-state index >= 15 is 0 Å². The smallest absolute Gasteiger partial charge is 0.0629 e. The molecule has 4 unspecified atom stereocenters. The summed E-state index contributed by atoms with van der Waals surface area (Å²) in [6, 6.07) is 43.2. The second-order valence-corrected chi connectivity index (χ2v) is 15.4. The van der Waals surface area contributed by atoms with E-state index in [0.717, 1.165) is 12.8 Å². The molecule has 5 aliphatic rings. The van der Waals surface area contributed by atoms with Gasteiger partial charge >= 0.3 is 0 Å². The molecule has 6 aromatic rings. The molecule has 0 spiro atoms. The monoisotopic (exact) mass is 672 g/mol. The molecule has 3 aliphatic carbocycles. The zero-order valence-corrected chi connectivity index (χ0v) is 29.0. The zero-order valence-electron chi connectivity index (χ0n) is 28.2. The van der Waals surface area contributed by atoms with Crippen LogP contribution in [0.25, 0.3) is 36.9 Å². The third-order valence-electron chi connectivity index (χ3n) is 11.6. The molecule has 0 radical (unpaired) electrons. The highest BCUT2D eigenvalue weighted by atomic mass is 32.1. The molecule has 0 saturated heterocycles. The van der Waals surface area contributed by atoms with Crippen LogP contribution >= 0.6 is 11.3 Å². The lowest BCUT2D eigenvalue weighted by Gasteiger charge is -2.31. The van der Waals surface area contributed by atoms with Crippen LogP contribution in [-0.2, 0) is 0 Å². The average molecular weight is 673 g/mol. The van der Waals surface area contributed by atoms with Gasteiger partial charge in [0.05, 0.1) is 22.5 Å². The molecule has 0 amide bonds. The maximum Gasteiger partial charge on any atom is 0.0629 e. The Morgan fingerprint density at radius 3 is 2.37 bits per heavy atom. The Labute approximate surface area is 303 Å². The molecule has 3 heteroatoms. The molecule has 1 aromatic heterocycles. The number of allylic oxidation sites excluding steroid dienone is 6. The van der Waals surface area contributed by atoms with Gasteiger partial charge in [-0.2, -0.15) is 0 Å². The van der Waals surface area contributed by atoms with Crippen molar-refractivity contribution >= 4 is 54.1 Å². The Morgan fingerprint density at radius 2 is 1.41 bits per heavy atom. The number of rotatable bonds is 4. The fraction of sp³-hybridized carbons (Fsp3) is 0.125. The molecule has 0 fully saturated rings. The Kier molecular flexibility index (Phi) is 6.54. The molecule has 4 atom stereocenters. The molecule has 2 aliphatic heterocycles. The minimum absolute atomic E-state index is 0.258. The molecule has 5 aromatic carbocycles. The first-order valence-corrected chi connectivity index (χ1v) is 19.0. The summed E-state index contributed by atoms with van der Waals surface area (Å²) in [6.07, 6.45) is 23.7. The van der Waals surface area contributed by atoms with Crippen molar-refractivity contribution in [3.8, 4) is 11.1 Å². The molecular formula is C48H36N2S. The molecule has 0 bridgehead atoms. The van der Waals surface area contributed by atoms with E-state index in [9.17, 15) is 0 Å². The number of hydrogen-bond acceptors (Lipinski definition) is 3. The van der Waals surface area contributed by atoms with Crippen LogP contribution in [-0.4, -0.2) is 12.1 Å². The van der Waals surface area contributed by atoms with E-state index in [1.807, 2.05) is 11.3 Å². The van der Waals surface area contributed by atoms with Gasteiger partial charge in [-0.15, -0.1) is 11.3 Å². The van der Waals surface area contributed by atoms with Gasteiger partial charge < -0.3 is 9.80 Å². The lowest BCUT2D eigenvalue weighted by atomic mass is 9.82. The maximum atomic E-state index is 2.64. The van der Waals surface area contributed by atoms with Gasteiger partial charge in [0.25, 0.3) is 0 Å². The largest absolute Gasteiger partial charge is 0.333 e. The van der Waals surface area contributed by atoms with Crippen molar-refractivity contribution in [2.75, 3.05) is 9.80 Å². The van der Waals surface area contributed by atoms with Crippen molar-refractivity contribution < 1.29 is 0 Å². The van der Waals surface area contributed by atoms with Crippen molar-refractivity contribution in [1.29, 1.82) is 0 Å². The summed E-state index contributed by atoms with van der Waals surface area (Å²) >= 11 is 1.93. The van der Waals surface area contributed by atoms with Crippen molar-refractivity contribution in [1.82, 2.24) is 0 Å². The molecule has 11 rings (SSSR count). The van der Waals surface area contributed by atoms with Gasteiger partial charge in [0.1, 0.15) is 0 Å². The van der Waals surface area contributed by atoms with Crippen LogP contribution in [0.4, 0.5) is 17.1 Å². The van der Waals surface area contributed by atoms with E-state index in [2.05, 4.69) is 180 Å². The third-order valence-corrected chi connectivity index (χ3v) is 12.8. The predicted octanol–water partition coefficient (Wildman–Crippen LogP) is 12.5. The standard InChI is InChI=1S/C48H36N2S/c1-2-12-31(13-3-1)32-14-10-15-35(28-32)49-42-20-7-4-16-36(42)40-29-33(24-26-44(40)49)34-25-27-45-41(30-34)37-17-5-8-21-43(37)50(45)46-22-11-19-39-38-18-6-9-23-47(38)51-48(39)46/h1-4,6-16,18-30,36,41-42,45H,5,17H2. The zero-order chi connectivity index (χ0) is 33.5. The fourth-order valence-corrected chi connectivity index (χ4v) is 10.5. The Balaban J connectivity index is 0.975. The molecule has 51 heavy (non-hydrogen) atoms. The molecule has 3 heterocycles. The first-order valence-electron chi connectivity index (χ1n) is 18.2. The quantitative estimate of drug-likeness (QED) is 0.184. The molecule has 2 nitrogen and oxygen atoms in total. The fourth-order valence-electron chi connectivity index (χ4n) is 9.32. The highest BCUT2D eigenvalue weighted by Gasteiger charge is 2.41. The molecule has 244 valence electrons. The van der Waals surface area contributed by atoms with Gasteiger partial charge in [-0.3, -0.25) is 0 Å².